The van der Waals surface area contributed by atoms with Crippen molar-refractivity contribution in [2.75, 3.05) is 0 Å². The van der Waals surface area contributed by atoms with Crippen LogP contribution in [0.4, 0.5) is 0 Å². The van der Waals surface area contributed by atoms with Gasteiger partial charge in [-0.05, 0) is 56.1 Å². The van der Waals surface area contributed by atoms with Crippen LogP contribution in [0.25, 0.3) is 0 Å². The van der Waals surface area contributed by atoms with Crippen molar-refractivity contribution in [3.8, 4) is 0 Å². The van der Waals surface area contributed by atoms with Gasteiger partial charge in [0.1, 0.15) is 0 Å². The zero-order chi connectivity index (χ0) is 13.2. The van der Waals surface area contributed by atoms with Gasteiger partial charge in [0, 0.05) is 16.6 Å². The van der Waals surface area contributed by atoms with Crippen LogP contribution in [-0.2, 0) is 0 Å². The molecule has 2 heteroatoms. The molecule has 0 amide bonds. The van der Waals surface area contributed by atoms with E-state index < -0.39 is 0 Å². The third-order valence-electron chi connectivity index (χ3n) is 5.09. The molecule has 3 rings (SSSR count). The molecule has 2 fully saturated rings. The Hall–Kier alpha value is -0.340. The number of rotatable bonds is 4. The highest BCUT2D eigenvalue weighted by atomic mass is 79.9. The van der Waals surface area contributed by atoms with Crippen LogP contribution < -0.4 is 5.32 Å². The van der Waals surface area contributed by atoms with Gasteiger partial charge in [0.2, 0.25) is 0 Å². The maximum atomic E-state index is 3.86. The zero-order valence-corrected chi connectivity index (χ0v) is 13.3. The van der Waals surface area contributed by atoms with Crippen LogP contribution in [0, 0.1) is 5.92 Å². The average molecular weight is 322 g/mol. The van der Waals surface area contributed by atoms with Crippen LogP contribution in [0.1, 0.15) is 56.9 Å². The first kappa shape index (κ1) is 13.6. The van der Waals surface area contributed by atoms with E-state index in [4.69, 9.17) is 0 Å². The third kappa shape index (κ3) is 3.05. The van der Waals surface area contributed by atoms with Crippen molar-refractivity contribution in [2.24, 2.45) is 5.92 Å². The molecule has 0 bridgehead atoms. The van der Waals surface area contributed by atoms with Crippen molar-refractivity contribution < 1.29 is 0 Å². The third-order valence-corrected chi connectivity index (χ3v) is 5.81. The Morgan fingerprint density at radius 1 is 1.16 bits per heavy atom. The van der Waals surface area contributed by atoms with Crippen molar-refractivity contribution in [2.45, 2.75) is 63.5 Å². The fraction of sp³-hybridized carbons (Fsp3) is 0.647. The topological polar surface area (TPSA) is 12.0 Å². The molecule has 1 aromatic rings. The van der Waals surface area contributed by atoms with Gasteiger partial charge in [-0.3, -0.25) is 0 Å². The fourth-order valence-corrected chi connectivity index (χ4v) is 4.39. The Labute approximate surface area is 125 Å². The van der Waals surface area contributed by atoms with E-state index in [1.165, 1.54) is 48.6 Å². The van der Waals surface area contributed by atoms with Crippen LogP contribution in [0.5, 0.6) is 0 Å². The molecule has 0 saturated heterocycles. The van der Waals surface area contributed by atoms with E-state index in [9.17, 15) is 0 Å². The molecular weight excluding hydrogens is 298 g/mol. The molecule has 0 aliphatic heterocycles. The molecule has 1 atom stereocenters. The first-order valence-corrected chi connectivity index (χ1v) is 8.54. The van der Waals surface area contributed by atoms with Crippen molar-refractivity contribution in [3.63, 3.8) is 0 Å². The molecule has 0 aromatic heterocycles. The molecule has 1 unspecified atom stereocenters. The lowest BCUT2D eigenvalue weighted by Gasteiger charge is -2.39. The molecule has 19 heavy (non-hydrogen) atoms. The second-order valence-electron chi connectivity index (χ2n) is 6.39. The maximum absolute atomic E-state index is 3.86. The van der Waals surface area contributed by atoms with E-state index >= 15 is 0 Å². The van der Waals surface area contributed by atoms with Gasteiger partial charge in [0.25, 0.3) is 0 Å². The predicted molar refractivity (Wildman–Crippen MR) is 84.5 cm³/mol. The second-order valence-corrected chi connectivity index (χ2v) is 7.24. The monoisotopic (exact) mass is 321 g/mol. The molecule has 1 N–H and O–H groups in total. The lowest BCUT2D eigenvalue weighted by molar-refractivity contribution is 0.238. The Kier molecular flexibility index (Phi) is 4.28. The predicted octanol–water partition coefficient (Wildman–Crippen LogP) is 4.86. The lowest BCUT2D eigenvalue weighted by Crippen LogP contribution is -2.46. The van der Waals surface area contributed by atoms with E-state index in [2.05, 4.69) is 52.4 Å². The first-order valence-electron chi connectivity index (χ1n) is 7.74. The summed E-state index contributed by atoms with van der Waals surface area (Å²) in [7, 11) is 0. The molecule has 2 aliphatic rings. The Bertz CT molecular complexity index is 419. The fourth-order valence-electron chi connectivity index (χ4n) is 3.78. The standard InChI is InChI=1S/C17H24BrN/c1-12(13-6-2-3-7-13)19-15-10-14(11-15)16-8-4-5-9-17(16)18/h4-5,8-9,12-15,19H,2-3,6-7,10-11H2,1H3. The first-order chi connectivity index (χ1) is 9.24. The van der Waals surface area contributed by atoms with Crippen LogP contribution in [0.15, 0.2) is 28.7 Å². The van der Waals surface area contributed by atoms with Crippen molar-refractivity contribution in [1.82, 2.24) is 5.32 Å². The number of benzene rings is 1. The molecule has 2 saturated carbocycles. The van der Waals surface area contributed by atoms with Crippen LogP contribution >= 0.6 is 15.9 Å². The highest BCUT2D eigenvalue weighted by Gasteiger charge is 2.33. The summed E-state index contributed by atoms with van der Waals surface area (Å²) in [5.41, 5.74) is 1.49. The minimum atomic E-state index is 0.715. The summed E-state index contributed by atoms with van der Waals surface area (Å²) < 4.78 is 1.28. The lowest BCUT2D eigenvalue weighted by atomic mass is 9.75. The van der Waals surface area contributed by atoms with E-state index in [1.54, 1.807) is 0 Å². The summed E-state index contributed by atoms with van der Waals surface area (Å²) >= 11 is 3.68. The number of hydrogen-bond donors (Lipinski definition) is 1. The quantitative estimate of drug-likeness (QED) is 0.834. The summed E-state index contributed by atoms with van der Waals surface area (Å²) in [6, 6.07) is 10.1. The van der Waals surface area contributed by atoms with Crippen molar-refractivity contribution in [3.05, 3.63) is 34.3 Å². The number of halogens is 1. The van der Waals surface area contributed by atoms with Gasteiger partial charge in [0.15, 0.2) is 0 Å². The molecule has 104 valence electrons. The Morgan fingerprint density at radius 3 is 2.53 bits per heavy atom. The molecule has 0 spiro atoms. The van der Waals surface area contributed by atoms with Gasteiger partial charge in [-0.25, -0.2) is 0 Å². The number of nitrogens with one attached hydrogen (secondary N) is 1. The van der Waals surface area contributed by atoms with Gasteiger partial charge in [-0.1, -0.05) is 47.0 Å². The van der Waals surface area contributed by atoms with Gasteiger partial charge in [0.05, 0.1) is 0 Å². The number of hydrogen-bond acceptors (Lipinski definition) is 1. The summed E-state index contributed by atoms with van der Waals surface area (Å²) in [5, 5.41) is 3.86. The Morgan fingerprint density at radius 2 is 1.84 bits per heavy atom. The second kappa shape index (κ2) is 5.97. The molecule has 1 nitrogen and oxygen atoms in total. The minimum Gasteiger partial charge on any atom is -0.311 e. The van der Waals surface area contributed by atoms with Crippen LogP contribution in [0.3, 0.4) is 0 Å². The molecule has 0 radical (unpaired) electrons. The summed E-state index contributed by atoms with van der Waals surface area (Å²) in [6.45, 7) is 2.39. The van der Waals surface area contributed by atoms with E-state index in [0.717, 1.165) is 17.9 Å². The summed E-state index contributed by atoms with van der Waals surface area (Å²) in [6.07, 6.45) is 8.38. The van der Waals surface area contributed by atoms with Gasteiger partial charge < -0.3 is 5.32 Å². The van der Waals surface area contributed by atoms with Crippen LogP contribution in [0.2, 0.25) is 0 Å². The van der Waals surface area contributed by atoms with Gasteiger partial charge in [-0.15, -0.1) is 0 Å². The largest absolute Gasteiger partial charge is 0.311 e. The minimum absolute atomic E-state index is 0.715. The summed E-state index contributed by atoms with van der Waals surface area (Å²) in [4.78, 5) is 0. The Balaban J connectivity index is 1.49. The SMILES string of the molecule is CC(NC1CC(c2ccccc2Br)C1)C1CCCC1. The zero-order valence-electron chi connectivity index (χ0n) is 11.7. The van der Waals surface area contributed by atoms with E-state index in [-0.39, 0.29) is 0 Å². The van der Waals surface area contributed by atoms with E-state index in [1.807, 2.05) is 0 Å². The molecule has 2 aliphatic carbocycles. The van der Waals surface area contributed by atoms with Gasteiger partial charge in [-0.2, -0.15) is 0 Å². The van der Waals surface area contributed by atoms with E-state index in [0.29, 0.717) is 6.04 Å². The van der Waals surface area contributed by atoms with Crippen molar-refractivity contribution in [1.29, 1.82) is 0 Å². The van der Waals surface area contributed by atoms with Gasteiger partial charge >= 0.3 is 0 Å². The summed E-state index contributed by atoms with van der Waals surface area (Å²) in [5.74, 6) is 1.69. The highest BCUT2D eigenvalue weighted by Crippen LogP contribution is 2.40. The molecular formula is C17H24BrN. The van der Waals surface area contributed by atoms with Crippen molar-refractivity contribution >= 4 is 15.9 Å². The average Bonchev–Trinajstić information content (AvgIpc) is 2.88. The van der Waals surface area contributed by atoms with Crippen LogP contribution in [-0.4, -0.2) is 12.1 Å². The molecule has 1 aromatic carbocycles. The highest BCUT2D eigenvalue weighted by molar-refractivity contribution is 9.10. The molecule has 0 heterocycles. The smallest absolute Gasteiger partial charge is 0.0210 e. The maximum Gasteiger partial charge on any atom is 0.0210 e. The normalized spacial score (nSPS) is 29.2.